The van der Waals surface area contributed by atoms with E-state index in [4.69, 9.17) is 9.47 Å². The maximum Gasteiger partial charge on any atom is 0.277 e. The van der Waals surface area contributed by atoms with E-state index in [-0.39, 0.29) is 12.4 Å². The molecule has 0 bridgehead atoms. The van der Waals surface area contributed by atoms with E-state index >= 15 is 0 Å². The first-order valence-corrected chi connectivity index (χ1v) is 7.46. The normalized spacial score (nSPS) is 27.1. The van der Waals surface area contributed by atoms with E-state index in [0.717, 1.165) is 5.56 Å². The van der Waals surface area contributed by atoms with Gasteiger partial charge in [-0.15, -0.1) is 6.58 Å². The molecular weight excluding hydrogens is 292 g/mol. The molecule has 0 spiro atoms. The Morgan fingerprint density at radius 3 is 2.83 bits per heavy atom. The summed E-state index contributed by atoms with van der Waals surface area (Å²) in [5.41, 5.74) is 0.794. The van der Waals surface area contributed by atoms with Crippen molar-refractivity contribution in [1.29, 1.82) is 0 Å². The summed E-state index contributed by atoms with van der Waals surface area (Å²) in [4.78, 5) is 13.2. The van der Waals surface area contributed by atoms with Gasteiger partial charge in [0.25, 0.3) is 5.79 Å². The summed E-state index contributed by atoms with van der Waals surface area (Å²) in [5.74, 6) is -1.68. The zero-order valence-electron chi connectivity index (χ0n) is 12.7. The molecule has 0 amide bonds. The number of ether oxygens (including phenoxy) is 2. The topological polar surface area (TPSA) is 55.8 Å². The van der Waals surface area contributed by atoms with Gasteiger partial charge in [-0.05, 0) is 18.6 Å². The van der Waals surface area contributed by atoms with Crippen molar-refractivity contribution in [3.63, 3.8) is 0 Å². The van der Waals surface area contributed by atoms with Crippen molar-refractivity contribution in [1.82, 2.24) is 0 Å². The Balaban J connectivity index is 2.02. The second kappa shape index (κ2) is 4.54. The standard InChI is InChI=1S/C19H16O4/c1-3-10-22-18-15-9-8-12(2)11-16(15)23-19(18,21)14-7-5-4-6-13(14)17(18)20/h3-9,11,21H,1,10H2,2H3. The number of carbonyl (C=O) groups excluding carboxylic acids is 1. The Labute approximate surface area is 134 Å². The van der Waals surface area contributed by atoms with E-state index in [1.54, 1.807) is 42.5 Å². The number of fused-ring (bicyclic) bond motifs is 5. The Morgan fingerprint density at radius 2 is 2.04 bits per heavy atom. The van der Waals surface area contributed by atoms with Gasteiger partial charge < -0.3 is 14.6 Å². The monoisotopic (exact) mass is 308 g/mol. The molecule has 0 fully saturated rings. The summed E-state index contributed by atoms with van der Waals surface area (Å²) in [6.07, 6.45) is 1.55. The lowest BCUT2D eigenvalue weighted by atomic mass is 9.86. The molecular formula is C19H16O4. The van der Waals surface area contributed by atoms with Crippen LogP contribution in [0.2, 0.25) is 0 Å². The molecule has 2 atom stereocenters. The van der Waals surface area contributed by atoms with Gasteiger partial charge in [0.2, 0.25) is 11.4 Å². The van der Waals surface area contributed by atoms with Crippen molar-refractivity contribution in [3.8, 4) is 5.75 Å². The fraction of sp³-hybridized carbons (Fsp3) is 0.211. The third kappa shape index (κ3) is 1.54. The quantitative estimate of drug-likeness (QED) is 0.886. The van der Waals surface area contributed by atoms with Crippen LogP contribution in [0.25, 0.3) is 0 Å². The third-order valence-corrected chi connectivity index (χ3v) is 4.53. The zero-order chi connectivity index (χ0) is 16.2. The van der Waals surface area contributed by atoms with Crippen LogP contribution in [0, 0.1) is 6.92 Å². The van der Waals surface area contributed by atoms with Gasteiger partial charge in [-0.2, -0.15) is 0 Å². The first kappa shape index (κ1) is 14.2. The van der Waals surface area contributed by atoms with E-state index in [1.807, 2.05) is 13.0 Å². The van der Waals surface area contributed by atoms with E-state index in [9.17, 15) is 9.90 Å². The molecule has 0 radical (unpaired) electrons. The summed E-state index contributed by atoms with van der Waals surface area (Å²) in [6, 6.07) is 12.4. The summed E-state index contributed by atoms with van der Waals surface area (Å²) in [7, 11) is 0. The molecule has 0 aromatic heterocycles. The summed E-state index contributed by atoms with van der Waals surface area (Å²) in [6.45, 7) is 5.69. The van der Waals surface area contributed by atoms with E-state index in [0.29, 0.717) is 22.4 Å². The third-order valence-electron chi connectivity index (χ3n) is 4.53. The van der Waals surface area contributed by atoms with Crippen molar-refractivity contribution in [2.45, 2.75) is 18.3 Å². The largest absolute Gasteiger partial charge is 0.454 e. The van der Waals surface area contributed by atoms with Crippen molar-refractivity contribution < 1.29 is 19.4 Å². The van der Waals surface area contributed by atoms with Crippen LogP contribution in [0.5, 0.6) is 5.75 Å². The molecule has 1 N–H and O–H groups in total. The number of rotatable bonds is 3. The number of benzene rings is 2. The van der Waals surface area contributed by atoms with Crippen LogP contribution in [0.15, 0.2) is 55.1 Å². The summed E-state index contributed by atoms with van der Waals surface area (Å²) >= 11 is 0. The average molecular weight is 308 g/mol. The predicted molar refractivity (Wildman–Crippen MR) is 84.3 cm³/mol. The van der Waals surface area contributed by atoms with Crippen LogP contribution in [0.4, 0.5) is 0 Å². The van der Waals surface area contributed by atoms with Crippen molar-refractivity contribution in [3.05, 3.63) is 77.4 Å². The molecule has 116 valence electrons. The zero-order valence-corrected chi connectivity index (χ0v) is 12.7. The van der Waals surface area contributed by atoms with Gasteiger partial charge in [0, 0.05) is 16.7 Å². The maximum absolute atomic E-state index is 13.2. The lowest BCUT2D eigenvalue weighted by Gasteiger charge is -2.33. The fourth-order valence-corrected chi connectivity index (χ4v) is 3.53. The molecule has 0 saturated heterocycles. The summed E-state index contributed by atoms with van der Waals surface area (Å²) in [5, 5.41) is 11.3. The van der Waals surface area contributed by atoms with Crippen molar-refractivity contribution >= 4 is 5.78 Å². The van der Waals surface area contributed by atoms with E-state index in [2.05, 4.69) is 6.58 Å². The highest BCUT2D eigenvalue weighted by molar-refractivity contribution is 6.09. The van der Waals surface area contributed by atoms with Crippen LogP contribution in [0.1, 0.15) is 27.0 Å². The van der Waals surface area contributed by atoms with Crippen molar-refractivity contribution in [2.75, 3.05) is 6.61 Å². The minimum absolute atomic E-state index is 0.124. The number of hydrogen-bond donors (Lipinski definition) is 1. The van der Waals surface area contributed by atoms with Gasteiger partial charge in [0.1, 0.15) is 5.75 Å². The molecule has 0 saturated carbocycles. The highest BCUT2D eigenvalue weighted by Gasteiger charge is 2.71. The Bertz CT molecular complexity index is 841. The molecule has 23 heavy (non-hydrogen) atoms. The minimum atomic E-state index is -1.86. The second-order valence-electron chi connectivity index (χ2n) is 5.90. The van der Waals surface area contributed by atoms with Crippen molar-refractivity contribution in [2.24, 2.45) is 0 Å². The van der Waals surface area contributed by atoms with Gasteiger partial charge in [0.15, 0.2) is 0 Å². The molecule has 1 aliphatic heterocycles. The van der Waals surface area contributed by atoms with Gasteiger partial charge in [-0.1, -0.05) is 42.5 Å². The molecule has 1 heterocycles. The van der Waals surface area contributed by atoms with Gasteiger partial charge in [0.05, 0.1) is 6.61 Å². The molecule has 2 aliphatic rings. The first-order chi connectivity index (χ1) is 11.0. The van der Waals surface area contributed by atoms with E-state index in [1.165, 1.54) is 0 Å². The average Bonchev–Trinajstić information content (AvgIpc) is 2.90. The number of aliphatic hydroxyl groups is 1. The predicted octanol–water partition coefficient (Wildman–Crippen LogP) is 2.83. The molecule has 4 nitrogen and oxygen atoms in total. The van der Waals surface area contributed by atoms with Crippen LogP contribution in [-0.4, -0.2) is 17.5 Å². The minimum Gasteiger partial charge on any atom is -0.454 e. The lowest BCUT2D eigenvalue weighted by Crippen LogP contribution is -2.50. The number of hydrogen-bond acceptors (Lipinski definition) is 4. The molecule has 4 rings (SSSR count). The Hall–Kier alpha value is -2.43. The molecule has 1 aliphatic carbocycles. The van der Waals surface area contributed by atoms with Crippen LogP contribution >= 0.6 is 0 Å². The number of aryl methyl sites for hydroxylation is 1. The highest BCUT2D eigenvalue weighted by Crippen LogP contribution is 2.60. The van der Waals surface area contributed by atoms with Crippen LogP contribution in [-0.2, 0) is 16.1 Å². The first-order valence-electron chi connectivity index (χ1n) is 7.46. The highest BCUT2D eigenvalue weighted by atomic mass is 16.7. The molecule has 2 unspecified atom stereocenters. The van der Waals surface area contributed by atoms with Crippen LogP contribution < -0.4 is 4.74 Å². The number of ketones is 1. The van der Waals surface area contributed by atoms with Gasteiger partial charge in [-0.3, -0.25) is 4.79 Å². The molecule has 2 aromatic rings. The van der Waals surface area contributed by atoms with E-state index < -0.39 is 11.4 Å². The fourth-order valence-electron chi connectivity index (χ4n) is 3.53. The molecule has 2 aromatic carbocycles. The maximum atomic E-state index is 13.2. The lowest BCUT2D eigenvalue weighted by molar-refractivity contribution is -0.239. The Kier molecular flexibility index (Phi) is 2.80. The van der Waals surface area contributed by atoms with Gasteiger partial charge >= 0.3 is 0 Å². The molecule has 4 heteroatoms. The Morgan fingerprint density at radius 1 is 1.26 bits per heavy atom. The summed E-state index contributed by atoms with van der Waals surface area (Å²) < 4.78 is 11.8. The SMILES string of the molecule is C=CCOC12C(=O)c3ccccc3C1(O)Oc1cc(C)ccc12. The number of Topliss-reactive ketones (excluding diaryl/α,β-unsaturated/α-hetero) is 1. The smallest absolute Gasteiger partial charge is 0.277 e. The number of carbonyl (C=O) groups is 1. The second-order valence-corrected chi connectivity index (χ2v) is 5.90. The van der Waals surface area contributed by atoms with Gasteiger partial charge in [-0.25, -0.2) is 0 Å². The van der Waals surface area contributed by atoms with Crippen LogP contribution in [0.3, 0.4) is 0 Å².